The van der Waals surface area contributed by atoms with E-state index < -0.39 is 0 Å². The van der Waals surface area contributed by atoms with E-state index in [9.17, 15) is 4.79 Å². The van der Waals surface area contributed by atoms with Crippen molar-refractivity contribution in [3.63, 3.8) is 0 Å². The molecule has 1 aliphatic heterocycles. The Labute approximate surface area is 194 Å². The molecule has 4 aromatic rings. The van der Waals surface area contributed by atoms with Crippen molar-refractivity contribution in [3.8, 4) is 22.1 Å². The highest BCUT2D eigenvalue weighted by molar-refractivity contribution is 7.13. The number of carbonyl (C=O) groups excluding carboxylic acids is 1. The molecular formula is C22H22N8O2S. The molecule has 1 N–H and O–H groups in total. The number of anilines is 1. The molecule has 1 fully saturated rings. The predicted molar refractivity (Wildman–Crippen MR) is 123 cm³/mol. The molecule has 33 heavy (non-hydrogen) atoms. The van der Waals surface area contributed by atoms with Crippen molar-refractivity contribution in [2.45, 2.75) is 6.42 Å². The summed E-state index contributed by atoms with van der Waals surface area (Å²) in [6.07, 6.45) is 5.23. The second-order valence-corrected chi connectivity index (χ2v) is 8.45. The normalized spacial score (nSPS) is 13.5. The number of hydrogen-bond acceptors (Lipinski definition) is 9. The van der Waals surface area contributed by atoms with Gasteiger partial charge in [-0.15, -0.1) is 11.3 Å². The summed E-state index contributed by atoms with van der Waals surface area (Å²) in [5, 5.41) is 10.1. The standard InChI is InChI=1S/C22H22N8O2S/c1-32-18-4-2-15(3-5-18)22-28-17(11-33-22)6-7-24-21(31)16-9-29(10-16)19-8-20(26-13-25-19)30-14-23-12-27-30/h2-5,8,11-14,16H,6-7,9-10H2,1H3,(H,24,31). The molecule has 0 radical (unpaired) electrons. The third-order valence-corrected chi connectivity index (χ3v) is 6.38. The zero-order valence-corrected chi connectivity index (χ0v) is 18.8. The van der Waals surface area contributed by atoms with E-state index in [-0.39, 0.29) is 11.8 Å². The topological polar surface area (TPSA) is 111 Å². The molecule has 0 spiro atoms. The Kier molecular flexibility index (Phi) is 5.94. The number of aromatic nitrogens is 6. The van der Waals surface area contributed by atoms with Gasteiger partial charge >= 0.3 is 0 Å². The molecule has 11 heteroatoms. The second kappa shape index (κ2) is 9.33. The van der Waals surface area contributed by atoms with Crippen LogP contribution in [0.25, 0.3) is 16.4 Å². The third-order valence-electron chi connectivity index (χ3n) is 5.44. The molecule has 0 saturated carbocycles. The average Bonchev–Trinajstić information content (AvgIpc) is 3.51. The van der Waals surface area contributed by atoms with Gasteiger partial charge in [0.2, 0.25) is 5.91 Å². The Balaban J connectivity index is 1.09. The number of hydrogen-bond donors (Lipinski definition) is 1. The largest absolute Gasteiger partial charge is 0.497 e. The fraction of sp³-hybridized carbons (Fsp3) is 0.273. The van der Waals surface area contributed by atoms with Crippen LogP contribution in [-0.2, 0) is 11.2 Å². The van der Waals surface area contributed by atoms with E-state index in [0.717, 1.165) is 27.8 Å². The van der Waals surface area contributed by atoms with E-state index in [1.54, 1.807) is 29.5 Å². The van der Waals surface area contributed by atoms with Gasteiger partial charge < -0.3 is 15.0 Å². The first-order valence-electron chi connectivity index (χ1n) is 10.5. The summed E-state index contributed by atoms with van der Waals surface area (Å²) in [5.41, 5.74) is 2.03. The van der Waals surface area contributed by atoms with E-state index in [2.05, 4.69) is 30.4 Å². The molecule has 1 amide bonds. The molecule has 10 nitrogen and oxygen atoms in total. The lowest BCUT2D eigenvalue weighted by molar-refractivity contribution is -0.125. The van der Waals surface area contributed by atoms with Gasteiger partial charge in [-0.05, 0) is 24.3 Å². The maximum atomic E-state index is 12.5. The monoisotopic (exact) mass is 462 g/mol. The number of carbonyl (C=O) groups is 1. The third kappa shape index (κ3) is 4.67. The summed E-state index contributed by atoms with van der Waals surface area (Å²) in [7, 11) is 1.65. The van der Waals surface area contributed by atoms with Crippen molar-refractivity contribution in [2.75, 3.05) is 31.6 Å². The van der Waals surface area contributed by atoms with Crippen LogP contribution in [0.4, 0.5) is 5.82 Å². The van der Waals surface area contributed by atoms with Crippen LogP contribution in [0, 0.1) is 5.92 Å². The van der Waals surface area contributed by atoms with Crippen LogP contribution >= 0.6 is 11.3 Å². The van der Waals surface area contributed by atoms with Crippen LogP contribution in [0.2, 0.25) is 0 Å². The van der Waals surface area contributed by atoms with E-state index in [1.165, 1.54) is 12.7 Å². The maximum absolute atomic E-state index is 12.5. The SMILES string of the molecule is COc1ccc(-c2nc(CCNC(=O)C3CN(c4cc(-n5cncn5)ncn4)C3)cs2)cc1. The molecule has 5 rings (SSSR count). The zero-order valence-electron chi connectivity index (χ0n) is 18.0. The van der Waals surface area contributed by atoms with Gasteiger partial charge in [0.25, 0.3) is 0 Å². The van der Waals surface area contributed by atoms with Crippen molar-refractivity contribution in [2.24, 2.45) is 5.92 Å². The Bertz CT molecular complexity index is 1220. The molecular weight excluding hydrogens is 440 g/mol. The fourth-order valence-electron chi connectivity index (χ4n) is 3.54. The zero-order chi connectivity index (χ0) is 22.6. The van der Waals surface area contributed by atoms with Crippen LogP contribution in [0.1, 0.15) is 5.69 Å². The highest BCUT2D eigenvalue weighted by Gasteiger charge is 2.33. The first-order chi connectivity index (χ1) is 16.2. The second-order valence-electron chi connectivity index (χ2n) is 7.59. The quantitative estimate of drug-likeness (QED) is 0.423. The first kappa shape index (κ1) is 21.0. The maximum Gasteiger partial charge on any atom is 0.226 e. The van der Waals surface area contributed by atoms with Crippen molar-refractivity contribution >= 4 is 23.1 Å². The summed E-state index contributed by atoms with van der Waals surface area (Å²) < 4.78 is 6.78. The van der Waals surface area contributed by atoms with E-state index in [0.29, 0.717) is 31.9 Å². The number of thiazole rings is 1. The molecule has 1 aliphatic rings. The minimum atomic E-state index is -0.0555. The molecule has 0 atom stereocenters. The number of methoxy groups -OCH3 is 1. The molecule has 0 bridgehead atoms. The predicted octanol–water partition coefficient (Wildman–Crippen LogP) is 1.98. The van der Waals surface area contributed by atoms with Crippen molar-refractivity contribution < 1.29 is 9.53 Å². The number of rotatable bonds is 8. The Morgan fingerprint density at radius 1 is 1.18 bits per heavy atom. The van der Waals surface area contributed by atoms with Crippen molar-refractivity contribution in [1.82, 2.24) is 35.0 Å². The molecule has 0 unspecified atom stereocenters. The van der Waals surface area contributed by atoms with Gasteiger partial charge in [-0.1, -0.05) is 0 Å². The van der Waals surface area contributed by atoms with Crippen LogP contribution < -0.4 is 15.0 Å². The Morgan fingerprint density at radius 2 is 2.00 bits per heavy atom. The summed E-state index contributed by atoms with van der Waals surface area (Å²) in [5.74, 6) is 2.24. The van der Waals surface area contributed by atoms with Gasteiger partial charge in [0, 0.05) is 43.1 Å². The Morgan fingerprint density at radius 3 is 2.76 bits per heavy atom. The first-order valence-corrected chi connectivity index (χ1v) is 11.4. The smallest absolute Gasteiger partial charge is 0.226 e. The summed E-state index contributed by atoms with van der Waals surface area (Å²) >= 11 is 1.60. The van der Waals surface area contributed by atoms with Crippen LogP contribution in [-0.4, -0.2) is 62.4 Å². The van der Waals surface area contributed by atoms with Gasteiger partial charge in [-0.2, -0.15) is 5.10 Å². The molecule has 0 aliphatic carbocycles. The van der Waals surface area contributed by atoms with Crippen LogP contribution in [0.15, 0.2) is 54.7 Å². The van der Waals surface area contributed by atoms with Crippen molar-refractivity contribution in [3.05, 3.63) is 60.4 Å². The van der Waals surface area contributed by atoms with Gasteiger partial charge in [-0.25, -0.2) is 24.6 Å². The number of nitrogens with zero attached hydrogens (tertiary/aromatic N) is 7. The molecule has 1 aromatic carbocycles. The summed E-state index contributed by atoms with van der Waals surface area (Å²) in [6.45, 7) is 1.81. The number of benzene rings is 1. The van der Waals surface area contributed by atoms with E-state index >= 15 is 0 Å². The van der Waals surface area contributed by atoms with Gasteiger partial charge in [0.15, 0.2) is 5.82 Å². The molecule has 4 heterocycles. The number of nitrogens with one attached hydrogen (secondary N) is 1. The lowest BCUT2D eigenvalue weighted by Crippen LogP contribution is -2.54. The number of ether oxygens (including phenoxy) is 1. The minimum Gasteiger partial charge on any atom is -0.497 e. The van der Waals surface area contributed by atoms with Crippen molar-refractivity contribution in [1.29, 1.82) is 0 Å². The van der Waals surface area contributed by atoms with E-state index in [4.69, 9.17) is 4.74 Å². The molecule has 168 valence electrons. The van der Waals surface area contributed by atoms with Gasteiger partial charge in [-0.3, -0.25) is 4.79 Å². The highest BCUT2D eigenvalue weighted by atomic mass is 32.1. The molecule has 1 saturated heterocycles. The highest BCUT2D eigenvalue weighted by Crippen LogP contribution is 2.26. The number of amides is 1. The molecule has 3 aromatic heterocycles. The lowest BCUT2D eigenvalue weighted by atomic mass is 9.99. The van der Waals surface area contributed by atoms with Gasteiger partial charge in [0.05, 0.1) is 18.7 Å². The fourth-order valence-corrected chi connectivity index (χ4v) is 4.40. The van der Waals surface area contributed by atoms with Crippen LogP contribution in [0.5, 0.6) is 5.75 Å². The van der Waals surface area contributed by atoms with Crippen LogP contribution in [0.3, 0.4) is 0 Å². The average molecular weight is 463 g/mol. The van der Waals surface area contributed by atoms with E-state index in [1.807, 2.05) is 40.6 Å². The minimum absolute atomic E-state index is 0.0555. The summed E-state index contributed by atoms with van der Waals surface area (Å²) in [6, 6.07) is 9.69. The van der Waals surface area contributed by atoms with Gasteiger partial charge in [0.1, 0.15) is 35.6 Å². The summed E-state index contributed by atoms with van der Waals surface area (Å²) in [4.78, 5) is 31.7. The Hall–Kier alpha value is -3.86. The lowest BCUT2D eigenvalue weighted by Gasteiger charge is -2.39.